The normalized spacial score (nSPS) is 5.52. The zero-order chi connectivity index (χ0) is 9.00. The van der Waals surface area contributed by atoms with Gasteiger partial charge in [-0.05, 0) is 0 Å². The summed E-state index contributed by atoms with van der Waals surface area (Å²) in [7, 11) is -10.3. The maximum Gasteiger partial charge on any atom is 2.00 e. The standard InChI is InChI=1S/2Mg.2H2O4S.9H2O/c;;2*1-5(2,3)4;;;;;;;;;/h;;2*(H2,1,2,3,4);9*1H2/q2*+2;;;;;;;;;;;/p-4. The SMILES string of the molecule is O.O.O.O.O.O.O.O.O.O=S(=O)([O-])[O-].O=S(=O)([O-])[O-].[Mg+2].[Mg+2]. The fourth-order valence-corrected chi connectivity index (χ4v) is 0. The Labute approximate surface area is 151 Å². The van der Waals surface area contributed by atoms with Crippen LogP contribution >= 0.6 is 0 Å². The minimum Gasteiger partial charge on any atom is -0.759 e. The summed E-state index contributed by atoms with van der Waals surface area (Å²) in [6.45, 7) is 0. The molecule has 0 rings (SSSR count). The van der Waals surface area contributed by atoms with Crippen LogP contribution in [0.15, 0.2) is 0 Å². The van der Waals surface area contributed by atoms with Gasteiger partial charge in [0.1, 0.15) is 0 Å². The first-order valence-corrected chi connectivity index (χ1v) is 4.00. The van der Waals surface area contributed by atoms with Crippen molar-refractivity contribution in [1.82, 2.24) is 0 Å². The summed E-state index contributed by atoms with van der Waals surface area (Å²) in [6.07, 6.45) is 0. The van der Waals surface area contributed by atoms with Crippen LogP contribution in [-0.2, 0) is 20.8 Å². The van der Waals surface area contributed by atoms with Crippen molar-refractivity contribution in [2.45, 2.75) is 0 Å². The largest absolute Gasteiger partial charge is 2.00 e. The Balaban J connectivity index is -0.00000000364. The van der Waals surface area contributed by atoms with Gasteiger partial charge in [0.15, 0.2) is 0 Å². The van der Waals surface area contributed by atoms with Crippen LogP contribution in [0.1, 0.15) is 0 Å². The molecule has 0 atom stereocenters. The molecule has 21 heteroatoms. The van der Waals surface area contributed by atoms with Crippen molar-refractivity contribution in [2.24, 2.45) is 0 Å². The second-order valence-electron chi connectivity index (χ2n) is 0.816. The van der Waals surface area contributed by atoms with Crippen LogP contribution in [0.3, 0.4) is 0 Å². The smallest absolute Gasteiger partial charge is 0.759 e. The van der Waals surface area contributed by atoms with Crippen LogP contribution in [-0.4, -0.2) is 130 Å². The van der Waals surface area contributed by atoms with Gasteiger partial charge in [0, 0.05) is 20.8 Å². The van der Waals surface area contributed by atoms with Crippen molar-refractivity contribution in [1.29, 1.82) is 0 Å². The first kappa shape index (κ1) is 121. The average Bonchev–Trinajstić information content (AvgIpc) is 1.12. The van der Waals surface area contributed by atoms with Crippen LogP contribution in [0, 0.1) is 0 Å². The van der Waals surface area contributed by atoms with E-state index in [2.05, 4.69) is 0 Å². The van der Waals surface area contributed by atoms with E-state index in [-0.39, 0.29) is 95.4 Å². The van der Waals surface area contributed by atoms with E-state index >= 15 is 0 Å². The summed E-state index contributed by atoms with van der Waals surface area (Å²) in [6, 6.07) is 0. The molecule has 0 radical (unpaired) electrons. The molecule has 0 aliphatic carbocycles. The molecule has 0 spiro atoms. The van der Waals surface area contributed by atoms with E-state index in [1.54, 1.807) is 0 Å². The van der Waals surface area contributed by atoms with Crippen LogP contribution in [0.25, 0.3) is 0 Å². The van der Waals surface area contributed by atoms with Gasteiger partial charge in [-0.1, -0.05) is 0 Å². The van der Waals surface area contributed by atoms with E-state index in [1.807, 2.05) is 0 Å². The van der Waals surface area contributed by atoms with Gasteiger partial charge in [0.25, 0.3) is 0 Å². The van der Waals surface area contributed by atoms with Gasteiger partial charge in [-0.25, -0.2) is 0 Å². The summed E-state index contributed by atoms with van der Waals surface area (Å²) in [5.74, 6) is 0. The molecule has 0 aliphatic heterocycles. The Bertz CT molecular complexity index is 215. The van der Waals surface area contributed by atoms with Gasteiger partial charge >= 0.3 is 46.1 Å². The fraction of sp³-hybridized carbons (Fsp3) is 0. The molecule has 0 aromatic carbocycles. The minimum atomic E-state index is -5.17. The third-order valence-corrected chi connectivity index (χ3v) is 0. The van der Waals surface area contributed by atoms with Gasteiger partial charge in [-0.2, -0.15) is 0 Å². The fourth-order valence-electron chi connectivity index (χ4n) is 0. The summed E-state index contributed by atoms with van der Waals surface area (Å²) in [5.41, 5.74) is 0. The maximum atomic E-state index is 8.52. The quantitative estimate of drug-likeness (QED) is 0.211. The molecule has 0 saturated heterocycles. The molecule has 0 bridgehead atoms. The molecular formula is H18Mg2O17S2. The molecule has 0 fully saturated rings. The Hall–Kier alpha value is 0.912. The first-order chi connectivity index (χ1) is 4.00. The first-order valence-electron chi connectivity index (χ1n) is 1.33. The number of hydrogen-bond donors (Lipinski definition) is 0. The molecule has 17 nitrogen and oxygen atoms in total. The molecule has 18 N–H and O–H groups in total. The molecule has 0 heterocycles. The van der Waals surface area contributed by atoms with Gasteiger partial charge < -0.3 is 67.5 Å². The molecule has 136 valence electrons. The average molecular weight is 403 g/mol. The maximum absolute atomic E-state index is 8.52. The van der Waals surface area contributed by atoms with Crippen LogP contribution < -0.4 is 0 Å². The Morgan fingerprint density at radius 1 is 0.381 bits per heavy atom. The van der Waals surface area contributed by atoms with Crippen molar-refractivity contribution in [3.8, 4) is 0 Å². The van der Waals surface area contributed by atoms with Gasteiger partial charge in [0.2, 0.25) is 0 Å². The van der Waals surface area contributed by atoms with Gasteiger partial charge in [-0.3, -0.25) is 16.8 Å². The topological polar surface area (TPSA) is 444 Å². The zero-order valence-electron chi connectivity index (χ0n) is 10.00. The van der Waals surface area contributed by atoms with Crippen LogP contribution in [0.2, 0.25) is 0 Å². The molecular weight excluding hydrogens is 385 g/mol. The third kappa shape index (κ3) is 8980. The zero-order valence-corrected chi connectivity index (χ0v) is 14.5. The predicted octanol–water partition coefficient (Wildman–Crippen LogP) is -10.9. The molecule has 0 unspecified atom stereocenters. The van der Waals surface area contributed by atoms with Crippen molar-refractivity contribution in [3.05, 3.63) is 0 Å². The Kier molecular flexibility index (Phi) is 286. The van der Waals surface area contributed by atoms with Crippen molar-refractivity contribution >= 4 is 66.9 Å². The van der Waals surface area contributed by atoms with E-state index in [9.17, 15) is 0 Å². The second-order valence-corrected chi connectivity index (χ2v) is 2.45. The van der Waals surface area contributed by atoms with E-state index in [0.717, 1.165) is 0 Å². The van der Waals surface area contributed by atoms with E-state index in [0.29, 0.717) is 0 Å². The van der Waals surface area contributed by atoms with E-state index in [4.69, 9.17) is 35.0 Å². The molecule has 0 saturated carbocycles. The van der Waals surface area contributed by atoms with E-state index in [1.165, 1.54) is 0 Å². The Morgan fingerprint density at radius 2 is 0.381 bits per heavy atom. The van der Waals surface area contributed by atoms with Crippen LogP contribution in [0.4, 0.5) is 0 Å². The summed E-state index contributed by atoms with van der Waals surface area (Å²) in [4.78, 5) is 0. The van der Waals surface area contributed by atoms with Crippen LogP contribution in [0.5, 0.6) is 0 Å². The van der Waals surface area contributed by atoms with Crippen molar-refractivity contribution in [3.63, 3.8) is 0 Å². The molecule has 0 aromatic heterocycles. The summed E-state index contributed by atoms with van der Waals surface area (Å²) < 4.78 is 68.2. The predicted molar refractivity (Wildman–Crippen MR) is 65.0 cm³/mol. The number of rotatable bonds is 0. The molecule has 0 aromatic rings. The van der Waals surface area contributed by atoms with E-state index < -0.39 is 20.8 Å². The summed E-state index contributed by atoms with van der Waals surface area (Å²) >= 11 is 0. The molecule has 0 amide bonds. The molecule has 21 heavy (non-hydrogen) atoms. The monoisotopic (exact) mass is 402 g/mol. The third-order valence-electron chi connectivity index (χ3n) is 0. The minimum absolute atomic E-state index is 0. The van der Waals surface area contributed by atoms with Crippen molar-refractivity contribution in [2.75, 3.05) is 0 Å². The number of hydrogen-bond acceptors (Lipinski definition) is 8. The Morgan fingerprint density at radius 3 is 0.381 bits per heavy atom. The summed E-state index contributed by atoms with van der Waals surface area (Å²) in [5, 5.41) is 0. The second kappa shape index (κ2) is 49.7. The van der Waals surface area contributed by atoms with Gasteiger partial charge in [0.05, 0.1) is 0 Å². The van der Waals surface area contributed by atoms with Crippen molar-refractivity contribution < 1.29 is 84.3 Å². The van der Waals surface area contributed by atoms with Gasteiger partial charge in [-0.15, -0.1) is 0 Å². The molecule has 0 aliphatic rings.